The minimum atomic E-state index is -0.269. The van der Waals surface area contributed by atoms with Crippen molar-refractivity contribution in [1.29, 1.82) is 0 Å². The molecule has 0 spiro atoms. The molecule has 0 saturated carbocycles. The fraction of sp³-hybridized carbons (Fsp3) is 0.304. The third-order valence-corrected chi connectivity index (χ3v) is 5.47. The maximum Gasteiger partial charge on any atom is 0.223 e. The summed E-state index contributed by atoms with van der Waals surface area (Å²) in [4.78, 5) is 19.6. The first-order chi connectivity index (χ1) is 14.2. The van der Waals surface area contributed by atoms with E-state index in [4.69, 9.17) is 4.98 Å². The number of carbonyl (C=O) groups is 1. The Bertz CT molecular complexity index is 1000. The maximum atomic E-state index is 13.0. The first kappa shape index (κ1) is 19.2. The second-order valence-corrected chi connectivity index (χ2v) is 7.41. The van der Waals surface area contributed by atoms with Gasteiger partial charge in [-0.3, -0.25) is 4.79 Å². The Kier molecular flexibility index (Phi) is 5.60. The predicted molar refractivity (Wildman–Crippen MR) is 113 cm³/mol. The Morgan fingerprint density at radius 3 is 2.62 bits per heavy atom. The molecule has 0 unspecified atom stereocenters. The Hall–Kier alpha value is -3.15. The zero-order valence-electron chi connectivity index (χ0n) is 16.4. The third-order valence-electron chi connectivity index (χ3n) is 5.47. The topological polar surface area (TPSA) is 50.2 Å². The Morgan fingerprint density at radius 2 is 1.90 bits per heavy atom. The number of nitrogens with one attached hydrogen (secondary N) is 1. The number of anilines is 1. The quantitative estimate of drug-likeness (QED) is 0.648. The number of hydrogen-bond donors (Lipinski definition) is 1. The molecule has 1 N–H and O–H groups in total. The summed E-state index contributed by atoms with van der Waals surface area (Å²) in [6, 6.07) is 14.3. The average molecular weight is 392 g/mol. The van der Waals surface area contributed by atoms with Crippen molar-refractivity contribution in [2.45, 2.75) is 25.9 Å². The molecule has 1 aliphatic rings. The lowest BCUT2D eigenvalue weighted by atomic mass is 9.96. The molecule has 0 aliphatic carbocycles. The number of fused-ring (bicyclic) bond motifs is 1. The molecule has 1 amide bonds. The van der Waals surface area contributed by atoms with Crippen LogP contribution in [0.3, 0.4) is 0 Å². The van der Waals surface area contributed by atoms with Gasteiger partial charge in [-0.2, -0.15) is 0 Å². The van der Waals surface area contributed by atoms with Crippen LogP contribution in [0.4, 0.5) is 10.3 Å². The summed E-state index contributed by atoms with van der Waals surface area (Å²) < 4.78 is 15.2. The van der Waals surface area contributed by atoms with Gasteiger partial charge in [0.25, 0.3) is 0 Å². The van der Waals surface area contributed by atoms with Crippen LogP contribution in [-0.4, -0.2) is 28.5 Å². The van der Waals surface area contributed by atoms with Gasteiger partial charge in [0.2, 0.25) is 11.9 Å². The number of amides is 1. The number of allylic oxidation sites excluding steroid dienone is 1. The molecule has 2 heterocycles. The van der Waals surface area contributed by atoms with E-state index in [0.717, 1.165) is 48.5 Å². The number of nitrogens with zero attached hydrogens (tertiary/aromatic N) is 3. The Balaban J connectivity index is 1.38. The zero-order valence-corrected chi connectivity index (χ0v) is 16.4. The van der Waals surface area contributed by atoms with Crippen molar-refractivity contribution in [2.75, 3.05) is 18.0 Å². The third kappa shape index (κ3) is 4.16. The van der Waals surface area contributed by atoms with Gasteiger partial charge in [-0.05, 0) is 42.7 Å². The van der Waals surface area contributed by atoms with Gasteiger partial charge in [0.15, 0.2) is 0 Å². The molecule has 0 radical (unpaired) electrons. The molecule has 1 fully saturated rings. The van der Waals surface area contributed by atoms with E-state index < -0.39 is 0 Å². The molecule has 4 rings (SSSR count). The highest BCUT2D eigenvalue weighted by atomic mass is 19.1. The van der Waals surface area contributed by atoms with Gasteiger partial charge < -0.3 is 14.8 Å². The Labute approximate surface area is 169 Å². The second kappa shape index (κ2) is 8.47. The van der Waals surface area contributed by atoms with E-state index in [1.165, 1.54) is 12.1 Å². The zero-order chi connectivity index (χ0) is 20.2. The minimum absolute atomic E-state index is 0.0102. The first-order valence-corrected chi connectivity index (χ1v) is 9.99. The number of hydrogen-bond acceptors (Lipinski definition) is 3. The summed E-state index contributed by atoms with van der Waals surface area (Å²) in [6.07, 6.45) is 3.45. The van der Waals surface area contributed by atoms with E-state index >= 15 is 0 Å². The number of halogens is 1. The van der Waals surface area contributed by atoms with Crippen molar-refractivity contribution in [3.63, 3.8) is 0 Å². The van der Waals surface area contributed by atoms with Crippen molar-refractivity contribution in [2.24, 2.45) is 5.92 Å². The maximum absolute atomic E-state index is 13.0. The molecule has 6 heteroatoms. The molecule has 1 saturated heterocycles. The summed E-state index contributed by atoms with van der Waals surface area (Å²) in [5.74, 6) is 0.726. The molecule has 0 atom stereocenters. The smallest absolute Gasteiger partial charge is 0.223 e. The van der Waals surface area contributed by atoms with Crippen LogP contribution >= 0.6 is 0 Å². The van der Waals surface area contributed by atoms with Gasteiger partial charge >= 0.3 is 0 Å². The van der Waals surface area contributed by atoms with Crippen LogP contribution in [-0.2, 0) is 17.9 Å². The number of carbonyl (C=O) groups excluding carboxylic acids is 1. The van der Waals surface area contributed by atoms with Crippen LogP contribution in [0.25, 0.3) is 11.0 Å². The predicted octanol–water partition coefficient (Wildman–Crippen LogP) is 3.89. The lowest BCUT2D eigenvalue weighted by Crippen LogP contribution is -2.41. The standard InChI is InChI=1S/C23H25FN4O/c1-2-13-28-21-6-4-3-5-20(21)26-23(28)27-14-11-18(12-15-27)22(29)25-16-17-7-9-19(24)10-8-17/h2-10,18H,1,11-16H2,(H,25,29). The van der Waals surface area contributed by atoms with Crippen molar-refractivity contribution in [3.8, 4) is 0 Å². The molecule has 1 aliphatic heterocycles. The summed E-state index contributed by atoms with van der Waals surface area (Å²) in [5, 5.41) is 2.98. The van der Waals surface area contributed by atoms with Crippen molar-refractivity contribution >= 4 is 22.9 Å². The minimum Gasteiger partial charge on any atom is -0.352 e. The van der Waals surface area contributed by atoms with E-state index in [1.54, 1.807) is 12.1 Å². The fourth-order valence-electron chi connectivity index (χ4n) is 3.89. The van der Waals surface area contributed by atoms with Crippen LogP contribution in [0.1, 0.15) is 18.4 Å². The number of rotatable bonds is 6. The summed E-state index contributed by atoms with van der Waals surface area (Å²) >= 11 is 0. The van der Waals surface area contributed by atoms with Gasteiger partial charge in [-0.15, -0.1) is 6.58 Å². The van der Waals surface area contributed by atoms with Gasteiger partial charge in [-0.25, -0.2) is 9.37 Å². The lowest BCUT2D eigenvalue weighted by Gasteiger charge is -2.32. The highest BCUT2D eigenvalue weighted by Crippen LogP contribution is 2.27. The number of piperidine rings is 1. The molecule has 5 nitrogen and oxygen atoms in total. The van der Waals surface area contributed by atoms with Gasteiger partial charge in [-0.1, -0.05) is 30.3 Å². The molecular formula is C23H25FN4O. The highest BCUT2D eigenvalue weighted by molar-refractivity contribution is 5.80. The van der Waals surface area contributed by atoms with E-state index in [1.807, 2.05) is 24.3 Å². The van der Waals surface area contributed by atoms with Gasteiger partial charge in [0.05, 0.1) is 11.0 Å². The van der Waals surface area contributed by atoms with E-state index in [9.17, 15) is 9.18 Å². The molecule has 0 bridgehead atoms. The van der Waals surface area contributed by atoms with Crippen molar-refractivity contribution < 1.29 is 9.18 Å². The molecule has 29 heavy (non-hydrogen) atoms. The average Bonchev–Trinajstić information content (AvgIpc) is 3.12. The SMILES string of the molecule is C=CCn1c(N2CCC(C(=O)NCc3ccc(F)cc3)CC2)nc2ccccc21. The Morgan fingerprint density at radius 1 is 1.17 bits per heavy atom. The second-order valence-electron chi connectivity index (χ2n) is 7.41. The highest BCUT2D eigenvalue weighted by Gasteiger charge is 2.27. The molecule has 1 aromatic heterocycles. The number of aromatic nitrogens is 2. The van der Waals surface area contributed by atoms with Gasteiger partial charge in [0.1, 0.15) is 5.82 Å². The largest absolute Gasteiger partial charge is 0.352 e. The monoisotopic (exact) mass is 392 g/mol. The first-order valence-electron chi connectivity index (χ1n) is 9.99. The van der Waals surface area contributed by atoms with Crippen LogP contribution < -0.4 is 10.2 Å². The van der Waals surface area contributed by atoms with Crippen LogP contribution in [0.15, 0.2) is 61.2 Å². The summed E-state index contributed by atoms with van der Waals surface area (Å²) in [6.45, 7) is 6.57. The fourth-order valence-corrected chi connectivity index (χ4v) is 3.89. The van der Waals surface area contributed by atoms with Gasteiger partial charge in [0, 0.05) is 32.1 Å². The molecule has 150 valence electrons. The van der Waals surface area contributed by atoms with Crippen LogP contribution in [0, 0.1) is 11.7 Å². The van der Waals surface area contributed by atoms with E-state index in [-0.39, 0.29) is 17.6 Å². The number of imidazole rings is 1. The molecule has 2 aromatic carbocycles. The normalized spacial score (nSPS) is 14.9. The lowest BCUT2D eigenvalue weighted by molar-refractivity contribution is -0.125. The number of benzene rings is 2. The van der Waals surface area contributed by atoms with E-state index in [0.29, 0.717) is 13.1 Å². The van der Waals surface area contributed by atoms with Crippen LogP contribution in [0.2, 0.25) is 0 Å². The molecule has 3 aromatic rings. The van der Waals surface area contributed by atoms with Crippen LogP contribution in [0.5, 0.6) is 0 Å². The van der Waals surface area contributed by atoms with E-state index in [2.05, 4.69) is 27.4 Å². The van der Waals surface area contributed by atoms with Crippen molar-refractivity contribution in [1.82, 2.24) is 14.9 Å². The summed E-state index contributed by atoms with van der Waals surface area (Å²) in [5.41, 5.74) is 2.97. The van der Waals surface area contributed by atoms with Crippen molar-refractivity contribution in [3.05, 3.63) is 72.6 Å². The molecular weight excluding hydrogens is 367 g/mol. The number of para-hydroxylation sites is 2. The summed E-state index contributed by atoms with van der Waals surface area (Å²) in [7, 11) is 0.